The zero-order valence-corrected chi connectivity index (χ0v) is 27.1. The lowest BCUT2D eigenvalue weighted by Gasteiger charge is -2.24. The topological polar surface area (TPSA) is 51.4 Å². The van der Waals surface area contributed by atoms with Crippen LogP contribution in [0.5, 0.6) is 0 Å². The van der Waals surface area contributed by atoms with E-state index in [9.17, 15) is 0 Å². The highest BCUT2D eigenvalue weighted by atomic mass is 15.1. The molecule has 4 aromatic rings. The molecule has 4 aromatic carbocycles. The lowest BCUT2D eigenvalue weighted by atomic mass is 10.1. The second-order valence-corrected chi connectivity index (χ2v) is 12.6. The van der Waals surface area contributed by atoms with Gasteiger partial charge in [-0.2, -0.15) is 0 Å². The van der Waals surface area contributed by atoms with Crippen LogP contribution in [0, 0.1) is 11.8 Å². The Morgan fingerprint density at radius 1 is 0.442 bits per heavy atom. The lowest BCUT2D eigenvalue weighted by Crippen LogP contribution is -2.17. The quantitative estimate of drug-likeness (QED) is 0.113. The van der Waals surface area contributed by atoms with Gasteiger partial charge >= 0.3 is 0 Å². The molecular formula is C38H51N5. The van der Waals surface area contributed by atoms with Crippen molar-refractivity contribution in [3.05, 3.63) is 97.1 Å². The molecule has 4 rings (SSSR count). The first kappa shape index (κ1) is 31.8. The number of anilines is 8. The molecule has 4 N–H and O–H groups in total. The molecule has 0 aliphatic rings. The Labute approximate surface area is 260 Å². The van der Waals surface area contributed by atoms with Crippen molar-refractivity contribution in [2.24, 2.45) is 11.8 Å². The van der Waals surface area contributed by atoms with Crippen LogP contribution in [0.25, 0.3) is 0 Å². The van der Waals surface area contributed by atoms with E-state index in [4.69, 9.17) is 0 Å². The first-order chi connectivity index (χ1) is 20.7. The number of nitrogens with one attached hydrogen (secondary N) is 4. The molecular weight excluding hydrogens is 526 g/mol. The summed E-state index contributed by atoms with van der Waals surface area (Å²) in [5, 5.41) is 14.3. The van der Waals surface area contributed by atoms with E-state index in [-0.39, 0.29) is 0 Å². The molecule has 0 bridgehead atoms. The summed E-state index contributed by atoms with van der Waals surface area (Å²) < 4.78 is 0. The van der Waals surface area contributed by atoms with Crippen LogP contribution in [0.3, 0.4) is 0 Å². The van der Waals surface area contributed by atoms with E-state index in [2.05, 4.69) is 172 Å². The van der Waals surface area contributed by atoms with E-state index in [1.807, 2.05) is 0 Å². The predicted molar refractivity (Wildman–Crippen MR) is 190 cm³/mol. The van der Waals surface area contributed by atoms with Gasteiger partial charge in [0.25, 0.3) is 0 Å². The zero-order valence-electron chi connectivity index (χ0n) is 27.1. The Kier molecular flexibility index (Phi) is 11.4. The van der Waals surface area contributed by atoms with Crippen molar-refractivity contribution >= 4 is 45.5 Å². The minimum Gasteiger partial charge on any atom is -0.383 e. The van der Waals surface area contributed by atoms with Crippen LogP contribution < -0.4 is 26.2 Å². The summed E-state index contributed by atoms with van der Waals surface area (Å²) in [6.45, 7) is 16.6. The second-order valence-electron chi connectivity index (χ2n) is 12.6. The van der Waals surface area contributed by atoms with Crippen LogP contribution >= 0.6 is 0 Å². The summed E-state index contributed by atoms with van der Waals surface area (Å²) in [4.78, 5) is 2.32. The van der Waals surface area contributed by atoms with Crippen LogP contribution in [-0.2, 0) is 0 Å². The summed E-state index contributed by atoms with van der Waals surface area (Å²) in [6, 6.07) is 35.3. The maximum Gasteiger partial charge on any atom is 0.0412 e. The number of hydrogen-bond acceptors (Lipinski definition) is 5. The summed E-state index contributed by atoms with van der Waals surface area (Å²) in [5.41, 5.74) is 8.96. The van der Waals surface area contributed by atoms with Gasteiger partial charge in [-0.15, -0.1) is 0 Å². The number of rotatable bonds is 15. The van der Waals surface area contributed by atoms with Gasteiger partial charge in [0.15, 0.2) is 0 Å². The maximum absolute atomic E-state index is 3.59. The van der Waals surface area contributed by atoms with E-state index in [0.717, 1.165) is 53.5 Å². The third kappa shape index (κ3) is 9.99. The van der Waals surface area contributed by atoms with Gasteiger partial charge in [0, 0.05) is 64.1 Å². The Morgan fingerprint density at radius 3 is 1.00 bits per heavy atom. The van der Waals surface area contributed by atoms with E-state index >= 15 is 0 Å². The Bertz CT molecular complexity index is 1250. The van der Waals surface area contributed by atoms with Gasteiger partial charge in [-0.3, -0.25) is 0 Å². The molecule has 43 heavy (non-hydrogen) atoms. The average molecular weight is 578 g/mol. The fraction of sp³-hybridized carbons (Fsp3) is 0.368. The van der Waals surface area contributed by atoms with Crippen LogP contribution in [0.15, 0.2) is 97.1 Å². The molecule has 0 amide bonds. The van der Waals surface area contributed by atoms with Gasteiger partial charge in [-0.1, -0.05) is 27.7 Å². The van der Waals surface area contributed by atoms with Crippen LogP contribution in [-0.4, -0.2) is 18.6 Å². The molecule has 0 saturated heterocycles. The highest BCUT2D eigenvalue weighted by Crippen LogP contribution is 2.30. The third-order valence-electron chi connectivity index (χ3n) is 7.50. The van der Waals surface area contributed by atoms with Crippen molar-refractivity contribution in [2.75, 3.05) is 32.7 Å². The predicted octanol–water partition coefficient (Wildman–Crippen LogP) is 11.0. The smallest absolute Gasteiger partial charge is 0.0412 e. The number of nitrogens with zero attached hydrogens (tertiary/aromatic N) is 1. The molecule has 5 heteroatoms. The van der Waals surface area contributed by atoms with E-state index in [1.54, 1.807) is 0 Å². The van der Waals surface area contributed by atoms with Gasteiger partial charge in [-0.05, 0) is 143 Å². The largest absolute Gasteiger partial charge is 0.383 e. The molecule has 0 aromatic heterocycles. The summed E-state index contributed by atoms with van der Waals surface area (Å²) in [6.07, 6.45) is 2.32. The molecule has 2 unspecified atom stereocenters. The molecule has 0 spiro atoms. The van der Waals surface area contributed by atoms with Gasteiger partial charge in [0.1, 0.15) is 0 Å². The molecule has 5 nitrogen and oxygen atoms in total. The fourth-order valence-corrected chi connectivity index (χ4v) is 5.70. The van der Waals surface area contributed by atoms with Crippen LogP contribution in [0.2, 0.25) is 0 Å². The summed E-state index contributed by atoms with van der Waals surface area (Å²) in [5.74, 6) is 1.37. The molecule has 0 aliphatic carbocycles. The summed E-state index contributed by atoms with van der Waals surface area (Å²) in [7, 11) is 0. The molecule has 228 valence electrons. The minimum absolute atomic E-state index is 0.462. The molecule has 0 saturated carbocycles. The highest BCUT2D eigenvalue weighted by Gasteiger charge is 2.09. The normalized spacial score (nSPS) is 12.6. The third-order valence-corrected chi connectivity index (χ3v) is 7.50. The highest BCUT2D eigenvalue weighted by molar-refractivity contribution is 5.71. The molecule has 2 atom stereocenters. The Hall–Kier alpha value is -4.12. The Morgan fingerprint density at radius 2 is 0.721 bits per heavy atom. The van der Waals surface area contributed by atoms with Crippen molar-refractivity contribution in [1.82, 2.24) is 0 Å². The standard InChI is InChI=1S/C38H51N5/c1-8-43(37-21-17-35(18-22-37)41-33-13-9-31(10-14-33)39-29(6)25-27(2)3)38-23-19-36(20-24-38)42-34-15-11-32(12-16-34)40-30(7)26-28(4)5/h9-24,27-30,39-42H,8,25-26H2,1-7H3. The molecule has 0 aliphatic heterocycles. The number of hydrogen-bond donors (Lipinski definition) is 4. The zero-order chi connectivity index (χ0) is 30.8. The van der Waals surface area contributed by atoms with Crippen molar-refractivity contribution in [2.45, 2.75) is 73.4 Å². The molecule has 0 heterocycles. The summed E-state index contributed by atoms with van der Waals surface area (Å²) >= 11 is 0. The molecule has 0 fully saturated rings. The minimum atomic E-state index is 0.462. The first-order valence-electron chi connectivity index (χ1n) is 15.9. The van der Waals surface area contributed by atoms with Gasteiger partial charge in [0.2, 0.25) is 0 Å². The second kappa shape index (κ2) is 15.4. The van der Waals surface area contributed by atoms with Crippen LogP contribution in [0.1, 0.15) is 61.3 Å². The van der Waals surface area contributed by atoms with Gasteiger partial charge in [0.05, 0.1) is 0 Å². The van der Waals surface area contributed by atoms with E-state index in [0.29, 0.717) is 23.9 Å². The van der Waals surface area contributed by atoms with Crippen molar-refractivity contribution in [3.63, 3.8) is 0 Å². The number of benzene rings is 4. The average Bonchev–Trinajstić information content (AvgIpc) is 2.96. The maximum atomic E-state index is 3.59. The monoisotopic (exact) mass is 577 g/mol. The van der Waals surface area contributed by atoms with Crippen molar-refractivity contribution < 1.29 is 0 Å². The SMILES string of the molecule is CCN(c1ccc(Nc2ccc(NC(C)CC(C)C)cc2)cc1)c1ccc(Nc2ccc(NC(C)CC(C)C)cc2)cc1. The van der Waals surface area contributed by atoms with Crippen molar-refractivity contribution in [1.29, 1.82) is 0 Å². The Balaban J connectivity index is 1.32. The van der Waals surface area contributed by atoms with E-state index < -0.39 is 0 Å². The van der Waals surface area contributed by atoms with E-state index in [1.165, 1.54) is 11.4 Å². The molecule has 0 radical (unpaired) electrons. The van der Waals surface area contributed by atoms with Gasteiger partial charge in [-0.25, -0.2) is 0 Å². The van der Waals surface area contributed by atoms with Gasteiger partial charge < -0.3 is 26.2 Å². The first-order valence-corrected chi connectivity index (χ1v) is 15.9. The van der Waals surface area contributed by atoms with Crippen LogP contribution in [0.4, 0.5) is 45.5 Å². The van der Waals surface area contributed by atoms with Crippen molar-refractivity contribution in [3.8, 4) is 0 Å². The lowest BCUT2D eigenvalue weighted by molar-refractivity contribution is 0.539. The fourth-order valence-electron chi connectivity index (χ4n) is 5.70.